The molecule has 7 nitrogen and oxygen atoms in total. The van der Waals surface area contributed by atoms with Crippen LogP contribution in [-0.4, -0.2) is 45.6 Å². The number of halogens is 2. The zero-order chi connectivity index (χ0) is 17.9. The normalized spacial score (nSPS) is 12.2. The Bertz CT molecular complexity index is 731. The zero-order valence-electron chi connectivity index (χ0n) is 12.9. The van der Waals surface area contributed by atoms with Crippen LogP contribution in [0.15, 0.2) is 28.8 Å². The molecule has 1 heterocycles. The molecule has 2 aromatic rings. The highest BCUT2D eigenvalue weighted by Crippen LogP contribution is 2.22. The van der Waals surface area contributed by atoms with E-state index in [1.54, 1.807) is 0 Å². The number of carboxylic acids is 1. The van der Waals surface area contributed by atoms with Crippen LogP contribution in [-0.2, 0) is 4.79 Å². The predicted molar refractivity (Wildman–Crippen MR) is 78.5 cm³/mol. The van der Waals surface area contributed by atoms with Gasteiger partial charge in [-0.15, -0.1) is 0 Å². The van der Waals surface area contributed by atoms with E-state index in [-0.39, 0.29) is 18.3 Å². The largest absolute Gasteiger partial charge is 0.481 e. The fraction of sp³-hybridized carbons (Fsp3) is 0.333. The lowest BCUT2D eigenvalue weighted by Crippen LogP contribution is -2.33. The number of amides is 1. The van der Waals surface area contributed by atoms with Gasteiger partial charge in [0.25, 0.3) is 11.8 Å². The summed E-state index contributed by atoms with van der Waals surface area (Å²) in [5.74, 6) is -2.80. The van der Waals surface area contributed by atoms with E-state index in [0.717, 1.165) is 0 Å². The first-order valence-corrected chi connectivity index (χ1v) is 7.00. The number of carboxylic acid groups (broad SMARTS) is 1. The van der Waals surface area contributed by atoms with Gasteiger partial charge in [-0.25, -0.2) is 0 Å². The molecule has 1 amide bonds. The highest BCUT2D eigenvalue weighted by molar-refractivity contribution is 5.94. The van der Waals surface area contributed by atoms with Crippen molar-refractivity contribution in [3.63, 3.8) is 0 Å². The molecule has 0 radical (unpaired) electrons. The van der Waals surface area contributed by atoms with Crippen LogP contribution in [0.3, 0.4) is 0 Å². The Hall–Kier alpha value is -2.84. The molecule has 0 bridgehead atoms. The van der Waals surface area contributed by atoms with Gasteiger partial charge in [-0.3, -0.25) is 9.59 Å². The van der Waals surface area contributed by atoms with Crippen molar-refractivity contribution in [3.05, 3.63) is 35.7 Å². The third-order valence-electron chi connectivity index (χ3n) is 3.33. The van der Waals surface area contributed by atoms with Crippen molar-refractivity contribution < 1.29 is 28.0 Å². The quantitative estimate of drug-likeness (QED) is 0.868. The van der Waals surface area contributed by atoms with Crippen molar-refractivity contribution in [1.82, 2.24) is 15.0 Å². The Labute approximate surface area is 135 Å². The molecule has 0 saturated heterocycles. The number of aromatic nitrogens is 2. The number of carbonyl (C=O) groups excluding carboxylic acids is 1. The molecule has 0 fully saturated rings. The molecule has 9 heteroatoms. The minimum Gasteiger partial charge on any atom is -0.481 e. The third kappa shape index (κ3) is 3.92. The standard InChI is InChI=1S/C15H15F2N3O4/c1-8(15(22)23)7-20(2)14(21)10-5-3-9(4-6-10)12-18-13(11(16)17)24-19-12/h3-6,8,11H,7H2,1-2H3,(H,22,23). The summed E-state index contributed by atoms with van der Waals surface area (Å²) in [5, 5.41) is 12.3. The highest BCUT2D eigenvalue weighted by atomic mass is 19.3. The van der Waals surface area contributed by atoms with Crippen LogP contribution >= 0.6 is 0 Å². The summed E-state index contributed by atoms with van der Waals surface area (Å²) in [4.78, 5) is 27.9. The first-order valence-electron chi connectivity index (χ1n) is 7.00. The molecule has 0 saturated carbocycles. The van der Waals surface area contributed by atoms with Crippen LogP contribution in [0.4, 0.5) is 8.78 Å². The van der Waals surface area contributed by atoms with Crippen LogP contribution in [0.1, 0.15) is 29.6 Å². The van der Waals surface area contributed by atoms with Gasteiger partial charge in [-0.05, 0) is 12.1 Å². The molecule has 1 atom stereocenters. The van der Waals surface area contributed by atoms with Crippen molar-refractivity contribution in [2.45, 2.75) is 13.3 Å². The number of benzene rings is 1. The molecular formula is C15H15F2N3O4. The lowest BCUT2D eigenvalue weighted by molar-refractivity contribution is -0.141. The lowest BCUT2D eigenvalue weighted by Gasteiger charge is -2.19. The van der Waals surface area contributed by atoms with Crippen molar-refractivity contribution >= 4 is 11.9 Å². The van der Waals surface area contributed by atoms with Crippen LogP contribution < -0.4 is 0 Å². The van der Waals surface area contributed by atoms with Crippen molar-refractivity contribution in [2.75, 3.05) is 13.6 Å². The van der Waals surface area contributed by atoms with E-state index in [9.17, 15) is 18.4 Å². The minimum atomic E-state index is -2.85. The van der Waals surface area contributed by atoms with Crippen molar-refractivity contribution in [2.24, 2.45) is 5.92 Å². The van der Waals surface area contributed by atoms with Crippen LogP contribution in [0.2, 0.25) is 0 Å². The van der Waals surface area contributed by atoms with Gasteiger partial charge >= 0.3 is 12.4 Å². The molecule has 1 aromatic heterocycles. The maximum absolute atomic E-state index is 12.4. The van der Waals surface area contributed by atoms with Crippen LogP contribution in [0.5, 0.6) is 0 Å². The Balaban J connectivity index is 2.10. The Morgan fingerprint density at radius 1 is 1.29 bits per heavy atom. The summed E-state index contributed by atoms with van der Waals surface area (Å²) < 4.78 is 29.3. The maximum atomic E-state index is 12.4. The minimum absolute atomic E-state index is 0.00264. The molecule has 1 unspecified atom stereocenters. The van der Waals surface area contributed by atoms with E-state index in [2.05, 4.69) is 14.7 Å². The summed E-state index contributed by atoms with van der Waals surface area (Å²) in [6.45, 7) is 1.57. The van der Waals surface area contributed by atoms with Crippen LogP contribution in [0.25, 0.3) is 11.4 Å². The number of hydrogen-bond acceptors (Lipinski definition) is 5. The molecule has 2 rings (SSSR count). The predicted octanol–water partition coefficient (Wildman–Crippen LogP) is 2.47. The van der Waals surface area contributed by atoms with Gasteiger partial charge in [0, 0.05) is 24.7 Å². The third-order valence-corrected chi connectivity index (χ3v) is 3.33. The zero-order valence-corrected chi connectivity index (χ0v) is 12.9. The number of hydrogen-bond donors (Lipinski definition) is 1. The molecule has 0 spiro atoms. The van der Waals surface area contributed by atoms with Crippen LogP contribution in [0, 0.1) is 5.92 Å². The van der Waals surface area contributed by atoms with Gasteiger partial charge in [0.2, 0.25) is 5.82 Å². The summed E-state index contributed by atoms with van der Waals surface area (Å²) in [6.07, 6.45) is -2.85. The second-order valence-electron chi connectivity index (χ2n) is 5.26. The van der Waals surface area contributed by atoms with Gasteiger partial charge in [0.1, 0.15) is 0 Å². The average molecular weight is 339 g/mol. The topological polar surface area (TPSA) is 96.5 Å². The number of rotatable bonds is 6. The average Bonchev–Trinajstić information content (AvgIpc) is 3.04. The number of nitrogens with zero attached hydrogens (tertiary/aromatic N) is 3. The molecular weight excluding hydrogens is 324 g/mol. The molecule has 0 aliphatic rings. The van der Waals surface area contributed by atoms with Gasteiger partial charge in [-0.2, -0.15) is 13.8 Å². The fourth-order valence-corrected chi connectivity index (χ4v) is 2.00. The van der Waals surface area contributed by atoms with E-state index in [4.69, 9.17) is 5.11 Å². The second kappa shape index (κ2) is 7.16. The summed E-state index contributed by atoms with van der Waals surface area (Å²) >= 11 is 0. The first-order chi connectivity index (χ1) is 11.3. The molecule has 1 aromatic carbocycles. The SMILES string of the molecule is CC(CN(C)C(=O)c1ccc(-c2noc(C(F)F)n2)cc1)C(=O)O. The second-order valence-corrected chi connectivity index (χ2v) is 5.26. The molecule has 24 heavy (non-hydrogen) atoms. The van der Waals surface area contributed by atoms with E-state index in [1.165, 1.54) is 43.1 Å². The fourth-order valence-electron chi connectivity index (χ4n) is 2.00. The number of alkyl halides is 2. The van der Waals surface area contributed by atoms with E-state index >= 15 is 0 Å². The maximum Gasteiger partial charge on any atom is 0.315 e. The van der Waals surface area contributed by atoms with Gasteiger partial charge < -0.3 is 14.5 Å². The molecule has 0 aliphatic carbocycles. The summed E-state index contributed by atoms with van der Waals surface area (Å²) in [5.41, 5.74) is 0.750. The van der Waals surface area contributed by atoms with E-state index in [1.807, 2.05) is 0 Å². The lowest BCUT2D eigenvalue weighted by atomic mass is 10.1. The smallest absolute Gasteiger partial charge is 0.315 e. The summed E-state index contributed by atoms with van der Waals surface area (Å²) in [7, 11) is 1.50. The number of carbonyl (C=O) groups is 2. The summed E-state index contributed by atoms with van der Waals surface area (Å²) in [6, 6.07) is 5.97. The molecule has 0 aliphatic heterocycles. The van der Waals surface area contributed by atoms with Gasteiger partial charge in [0.15, 0.2) is 0 Å². The van der Waals surface area contributed by atoms with Gasteiger partial charge in [-0.1, -0.05) is 24.2 Å². The Morgan fingerprint density at radius 2 is 1.92 bits per heavy atom. The first kappa shape index (κ1) is 17.5. The molecule has 128 valence electrons. The Kier molecular flexibility index (Phi) is 5.22. The monoisotopic (exact) mass is 339 g/mol. The Morgan fingerprint density at radius 3 is 2.42 bits per heavy atom. The van der Waals surface area contributed by atoms with Crippen molar-refractivity contribution in [3.8, 4) is 11.4 Å². The van der Waals surface area contributed by atoms with Crippen molar-refractivity contribution in [1.29, 1.82) is 0 Å². The highest BCUT2D eigenvalue weighted by Gasteiger charge is 2.20. The van der Waals surface area contributed by atoms with E-state index < -0.39 is 24.2 Å². The van der Waals surface area contributed by atoms with Gasteiger partial charge in [0.05, 0.1) is 5.92 Å². The number of aliphatic carboxylic acids is 1. The van der Waals surface area contributed by atoms with E-state index in [0.29, 0.717) is 11.1 Å². The molecule has 1 N–H and O–H groups in total.